The van der Waals surface area contributed by atoms with E-state index in [2.05, 4.69) is 5.32 Å². The molecule has 1 amide bonds. The molecule has 1 unspecified atom stereocenters. The Morgan fingerprint density at radius 2 is 1.93 bits per heavy atom. The molecule has 2 aliphatic rings. The summed E-state index contributed by atoms with van der Waals surface area (Å²) in [5.74, 6) is -0.341. The summed E-state index contributed by atoms with van der Waals surface area (Å²) in [6.45, 7) is 0. The van der Waals surface area contributed by atoms with Crippen LogP contribution in [0, 0.1) is 5.92 Å². The molecule has 14 heavy (non-hydrogen) atoms. The van der Waals surface area contributed by atoms with Crippen LogP contribution < -0.4 is 11.1 Å². The minimum absolute atomic E-state index is 0.236. The van der Waals surface area contributed by atoms with Crippen LogP contribution in [-0.2, 0) is 9.59 Å². The number of hydrogen-bond donors (Lipinski definition) is 2. The standard InChI is InChI=1S/C10H16N2O2/c11-8(5-6-1-2-6)9(13)10(14)12-7-3-4-7/h6-8H,1-5,11H2,(H,12,14). The van der Waals surface area contributed by atoms with Crippen LogP contribution in [0.1, 0.15) is 32.1 Å². The van der Waals surface area contributed by atoms with Crippen LogP contribution >= 0.6 is 0 Å². The van der Waals surface area contributed by atoms with Crippen molar-refractivity contribution in [1.29, 1.82) is 0 Å². The van der Waals surface area contributed by atoms with Gasteiger partial charge in [-0.1, -0.05) is 12.8 Å². The molecule has 4 nitrogen and oxygen atoms in total. The smallest absolute Gasteiger partial charge is 0.289 e. The second-order valence-electron chi connectivity index (χ2n) is 4.40. The minimum Gasteiger partial charge on any atom is -0.347 e. The molecule has 2 rings (SSSR count). The van der Waals surface area contributed by atoms with Crippen molar-refractivity contribution in [3.63, 3.8) is 0 Å². The summed E-state index contributed by atoms with van der Waals surface area (Å²) in [6, 6.07) is -0.346. The van der Waals surface area contributed by atoms with Gasteiger partial charge in [0, 0.05) is 6.04 Å². The molecule has 2 saturated carbocycles. The van der Waals surface area contributed by atoms with E-state index in [0.29, 0.717) is 12.3 Å². The van der Waals surface area contributed by atoms with Crippen LogP contribution in [0.4, 0.5) is 0 Å². The van der Waals surface area contributed by atoms with Crippen molar-refractivity contribution in [2.45, 2.75) is 44.2 Å². The molecule has 2 aliphatic carbocycles. The Morgan fingerprint density at radius 3 is 2.43 bits per heavy atom. The summed E-state index contributed by atoms with van der Waals surface area (Å²) in [6.07, 6.45) is 4.99. The lowest BCUT2D eigenvalue weighted by Crippen LogP contribution is -2.43. The van der Waals surface area contributed by atoms with Gasteiger partial charge in [-0.2, -0.15) is 0 Å². The van der Waals surface area contributed by atoms with Crippen molar-refractivity contribution in [2.24, 2.45) is 11.7 Å². The Balaban J connectivity index is 1.75. The molecule has 0 aliphatic heterocycles. The van der Waals surface area contributed by atoms with Gasteiger partial charge >= 0.3 is 0 Å². The summed E-state index contributed by atoms with van der Waals surface area (Å²) in [5.41, 5.74) is 5.64. The Morgan fingerprint density at radius 1 is 1.29 bits per heavy atom. The van der Waals surface area contributed by atoms with E-state index in [1.165, 1.54) is 0 Å². The predicted octanol–water partition coefficient (Wildman–Crippen LogP) is -0.0385. The highest BCUT2D eigenvalue weighted by atomic mass is 16.2. The van der Waals surface area contributed by atoms with Gasteiger partial charge in [-0.3, -0.25) is 9.59 Å². The van der Waals surface area contributed by atoms with Crippen molar-refractivity contribution in [1.82, 2.24) is 5.32 Å². The Hall–Kier alpha value is -0.900. The minimum atomic E-state index is -0.582. The Labute approximate surface area is 83.2 Å². The summed E-state index contributed by atoms with van der Waals surface area (Å²) >= 11 is 0. The zero-order valence-electron chi connectivity index (χ0n) is 8.16. The normalized spacial score (nSPS) is 22.9. The van der Waals surface area contributed by atoms with Crippen molar-refractivity contribution in [3.05, 3.63) is 0 Å². The number of nitrogens with two attached hydrogens (primary N) is 1. The molecule has 0 aromatic carbocycles. The quantitative estimate of drug-likeness (QED) is 0.606. The first-order valence-corrected chi connectivity index (χ1v) is 5.27. The van der Waals surface area contributed by atoms with Crippen LogP contribution in [0.5, 0.6) is 0 Å². The molecule has 0 saturated heterocycles. The van der Waals surface area contributed by atoms with Gasteiger partial charge in [0.05, 0.1) is 6.04 Å². The van der Waals surface area contributed by atoms with E-state index in [-0.39, 0.29) is 6.04 Å². The van der Waals surface area contributed by atoms with Gasteiger partial charge in [-0.25, -0.2) is 0 Å². The van der Waals surface area contributed by atoms with E-state index in [1.807, 2.05) is 0 Å². The predicted molar refractivity (Wildman–Crippen MR) is 51.5 cm³/mol. The second kappa shape index (κ2) is 3.69. The number of ketones is 1. The summed E-state index contributed by atoms with van der Waals surface area (Å²) in [4.78, 5) is 22.7. The summed E-state index contributed by atoms with van der Waals surface area (Å²) in [5, 5.41) is 2.66. The van der Waals surface area contributed by atoms with Crippen molar-refractivity contribution >= 4 is 11.7 Å². The maximum atomic E-state index is 11.4. The molecular weight excluding hydrogens is 180 g/mol. The molecule has 0 aromatic rings. The fourth-order valence-corrected chi connectivity index (χ4v) is 1.47. The number of carbonyl (C=O) groups excluding carboxylic acids is 2. The average Bonchev–Trinajstić information content (AvgIpc) is 2.97. The number of hydrogen-bond acceptors (Lipinski definition) is 3. The van der Waals surface area contributed by atoms with Gasteiger partial charge in [0.25, 0.3) is 5.91 Å². The molecule has 0 radical (unpaired) electrons. The second-order valence-corrected chi connectivity index (χ2v) is 4.40. The number of Topliss-reactive ketones (excluding diaryl/α,β-unsaturated/α-hetero) is 1. The van der Waals surface area contributed by atoms with Gasteiger partial charge < -0.3 is 11.1 Å². The van der Waals surface area contributed by atoms with Crippen molar-refractivity contribution < 1.29 is 9.59 Å². The van der Waals surface area contributed by atoms with Gasteiger partial charge in [0.1, 0.15) is 0 Å². The van der Waals surface area contributed by atoms with Gasteiger partial charge in [-0.05, 0) is 25.2 Å². The van der Waals surface area contributed by atoms with Crippen molar-refractivity contribution in [2.75, 3.05) is 0 Å². The lowest BCUT2D eigenvalue weighted by atomic mass is 10.1. The number of nitrogens with one attached hydrogen (secondary N) is 1. The van der Waals surface area contributed by atoms with E-state index in [0.717, 1.165) is 25.7 Å². The van der Waals surface area contributed by atoms with E-state index < -0.39 is 17.7 Å². The van der Waals surface area contributed by atoms with E-state index >= 15 is 0 Å². The first kappa shape index (κ1) is 9.65. The molecule has 0 heterocycles. The van der Waals surface area contributed by atoms with Gasteiger partial charge in [0.2, 0.25) is 5.78 Å². The molecular formula is C10H16N2O2. The van der Waals surface area contributed by atoms with Crippen LogP contribution in [0.2, 0.25) is 0 Å². The maximum Gasteiger partial charge on any atom is 0.289 e. The average molecular weight is 196 g/mol. The van der Waals surface area contributed by atoms with Crippen LogP contribution in [-0.4, -0.2) is 23.8 Å². The molecule has 0 spiro atoms. The molecule has 2 fully saturated rings. The fraction of sp³-hybridized carbons (Fsp3) is 0.800. The Bertz CT molecular complexity index is 257. The third kappa shape index (κ3) is 2.54. The first-order chi connectivity index (χ1) is 6.66. The largest absolute Gasteiger partial charge is 0.347 e. The summed E-state index contributed by atoms with van der Waals surface area (Å²) in [7, 11) is 0. The van der Waals surface area contributed by atoms with Gasteiger partial charge in [-0.15, -0.1) is 0 Å². The van der Waals surface area contributed by atoms with Crippen molar-refractivity contribution in [3.8, 4) is 0 Å². The molecule has 3 N–H and O–H groups in total. The third-order valence-electron chi connectivity index (χ3n) is 2.76. The zero-order chi connectivity index (χ0) is 10.1. The van der Waals surface area contributed by atoms with E-state index in [9.17, 15) is 9.59 Å². The van der Waals surface area contributed by atoms with Crippen LogP contribution in [0.25, 0.3) is 0 Å². The summed E-state index contributed by atoms with van der Waals surface area (Å²) < 4.78 is 0. The lowest BCUT2D eigenvalue weighted by molar-refractivity contribution is -0.138. The molecule has 1 atom stereocenters. The first-order valence-electron chi connectivity index (χ1n) is 5.27. The Kier molecular flexibility index (Phi) is 2.54. The highest BCUT2D eigenvalue weighted by Gasteiger charge is 2.32. The van der Waals surface area contributed by atoms with E-state index in [1.54, 1.807) is 0 Å². The monoisotopic (exact) mass is 196 g/mol. The van der Waals surface area contributed by atoms with E-state index in [4.69, 9.17) is 5.73 Å². The topological polar surface area (TPSA) is 72.2 Å². The SMILES string of the molecule is NC(CC1CC1)C(=O)C(=O)NC1CC1. The third-order valence-corrected chi connectivity index (χ3v) is 2.76. The molecule has 0 aromatic heterocycles. The molecule has 0 bridgehead atoms. The lowest BCUT2D eigenvalue weighted by Gasteiger charge is -2.09. The zero-order valence-corrected chi connectivity index (χ0v) is 8.16. The van der Waals surface area contributed by atoms with Gasteiger partial charge in [0.15, 0.2) is 0 Å². The number of amides is 1. The highest BCUT2D eigenvalue weighted by Crippen LogP contribution is 2.33. The van der Waals surface area contributed by atoms with Crippen LogP contribution in [0.15, 0.2) is 0 Å². The van der Waals surface area contributed by atoms with Crippen LogP contribution in [0.3, 0.4) is 0 Å². The molecule has 78 valence electrons. The maximum absolute atomic E-state index is 11.4. The number of rotatable bonds is 5. The molecule has 4 heteroatoms. The fourth-order valence-electron chi connectivity index (χ4n) is 1.47. The highest BCUT2D eigenvalue weighted by molar-refractivity contribution is 6.38. The number of carbonyl (C=O) groups is 2.